The molecule has 6 heteroatoms. The topological polar surface area (TPSA) is 69.9 Å². The summed E-state index contributed by atoms with van der Waals surface area (Å²) in [6.45, 7) is 0.427. The average Bonchev–Trinajstić information content (AvgIpc) is 3.29. The molecule has 1 amide bonds. The third kappa shape index (κ3) is 3.28. The Morgan fingerprint density at radius 2 is 1.88 bits per heavy atom. The summed E-state index contributed by atoms with van der Waals surface area (Å²) in [6.07, 6.45) is 1.47. The Bertz CT molecular complexity index is 888. The SMILES string of the molecule is O=C(Nc1ccc2c(c1)OCO2)c1occc1COc1ccccc1. The van der Waals surface area contributed by atoms with E-state index in [2.05, 4.69) is 5.32 Å². The molecule has 0 aliphatic carbocycles. The van der Waals surface area contributed by atoms with Gasteiger partial charge in [0.2, 0.25) is 6.79 Å². The van der Waals surface area contributed by atoms with E-state index < -0.39 is 0 Å². The van der Waals surface area contributed by atoms with E-state index in [9.17, 15) is 4.79 Å². The molecular weight excluding hydrogens is 322 g/mol. The highest BCUT2D eigenvalue weighted by atomic mass is 16.7. The Hall–Kier alpha value is -3.41. The van der Waals surface area contributed by atoms with Crippen LogP contribution in [0.5, 0.6) is 17.2 Å². The van der Waals surface area contributed by atoms with Gasteiger partial charge in [-0.3, -0.25) is 4.79 Å². The first-order chi connectivity index (χ1) is 12.3. The summed E-state index contributed by atoms with van der Waals surface area (Å²) in [5, 5.41) is 2.79. The van der Waals surface area contributed by atoms with Crippen molar-refractivity contribution < 1.29 is 23.4 Å². The minimum absolute atomic E-state index is 0.186. The summed E-state index contributed by atoms with van der Waals surface area (Å²) in [4.78, 5) is 12.5. The molecule has 4 rings (SSSR count). The van der Waals surface area contributed by atoms with Crippen LogP contribution < -0.4 is 19.5 Å². The Morgan fingerprint density at radius 3 is 2.76 bits per heavy atom. The lowest BCUT2D eigenvalue weighted by atomic mass is 10.2. The van der Waals surface area contributed by atoms with Crippen LogP contribution in [-0.4, -0.2) is 12.7 Å². The highest BCUT2D eigenvalue weighted by Crippen LogP contribution is 2.34. The van der Waals surface area contributed by atoms with Gasteiger partial charge in [0.15, 0.2) is 17.3 Å². The number of furan rings is 1. The lowest BCUT2D eigenvalue weighted by molar-refractivity contribution is 0.0993. The van der Waals surface area contributed by atoms with Crippen molar-refractivity contribution in [2.45, 2.75) is 6.61 Å². The van der Waals surface area contributed by atoms with Crippen LogP contribution in [0.4, 0.5) is 5.69 Å². The largest absolute Gasteiger partial charge is 0.489 e. The van der Waals surface area contributed by atoms with Crippen LogP contribution in [0.15, 0.2) is 65.3 Å². The summed E-state index contributed by atoms with van der Waals surface area (Å²) in [7, 11) is 0. The van der Waals surface area contributed by atoms with E-state index in [4.69, 9.17) is 18.6 Å². The van der Waals surface area contributed by atoms with Gasteiger partial charge in [-0.15, -0.1) is 0 Å². The van der Waals surface area contributed by atoms with Gasteiger partial charge < -0.3 is 23.9 Å². The molecule has 1 aliphatic heterocycles. The van der Waals surface area contributed by atoms with E-state index >= 15 is 0 Å². The summed E-state index contributed by atoms with van der Waals surface area (Å²) in [6, 6.07) is 16.3. The smallest absolute Gasteiger partial charge is 0.291 e. The number of nitrogens with one attached hydrogen (secondary N) is 1. The molecule has 6 nitrogen and oxygen atoms in total. The Labute approximate surface area is 143 Å². The number of fused-ring (bicyclic) bond motifs is 1. The Kier molecular flexibility index (Phi) is 4.00. The number of carbonyl (C=O) groups is 1. The van der Waals surface area contributed by atoms with Gasteiger partial charge in [0.25, 0.3) is 5.91 Å². The molecule has 0 spiro atoms. The van der Waals surface area contributed by atoms with E-state index in [-0.39, 0.29) is 25.1 Å². The van der Waals surface area contributed by atoms with Gasteiger partial charge in [-0.1, -0.05) is 18.2 Å². The number of anilines is 1. The van der Waals surface area contributed by atoms with Gasteiger partial charge in [0.05, 0.1) is 6.26 Å². The van der Waals surface area contributed by atoms with E-state index in [0.717, 1.165) is 5.75 Å². The predicted octanol–water partition coefficient (Wildman–Crippen LogP) is 3.84. The Morgan fingerprint density at radius 1 is 1.04 bits per heavy atom. The molecule has 1 aromatic heterocycles. The van der Waals surface area contributed by atoms with Gasteiger partial charge in [-0.05, 0) is 30.3 Å². The third-order valence-electron chi connectivity index (χ3n) is 3.72. The molecule has 0 radical (unpaired) electrons. The predicted molar refractivity (Wildman–Crippen MR) is 90.0 cm³/mol. The first-order valence-corrected chi connectivity index (χ1v) is 7.75. The zero-order valence-electron chi connectivity index (χ0n) is 13.2. The molecule has 0 saturated carbocycles. The van der Waals surface area contributed by atoms with Crippen LogP contribution in [-0.2, 0) is 6.61 Å². The van der Waals surface area contributed by atoms with Crippen LogP contribution in [0.25, 0.3) is 0 Å². The fourth-order valence-corrected chi connectivity index (χ4v) is 2.49. The number of hydrogen-bond acceptors (Lipinski definition) is 5. The molecule has 2 aromatic carbocycles. The van der Waals surface area contributed by atoms with Crippen molar-refractivity contribution in [1.29, 1.82) is 0 Å². The van der Waals surface area contributed by atoms with Gasteiger partial charge in [-0.25, -0.2) is 0 Å². The quantitative estimate of drug-likeness (QED) is 0.766. The molecule has 1 N–H and O–H groups in total. The summed E-state index contributed by atoms with van der Waals surface area (Å²) in [5.74, 6) is 1.85. The maximum Gasteiger partial charge on any atom is 0.291 e. The highest BCUT2D eigenvalue weighted by molar-refractivity contribution is 6.03. The molecule has 25 heavy (non-hydrogen) atoms. The zero-order chi connectivity index (χ0) is 17.1. The molecule has 0 atom stereocenters. The molecule has 0 bridgehead atoms. The van der Waals surface area contributed by atoms with Crippen LogP contribution in [0.2, 0.25) is 0 Å². The lowest BCUT2D eigenvalue weighted by Gasteiger charge is -2.08. The van der Waals surface area contributed by atoms with Crippen molar-refractivity contribution in [3.8, 4) is 17.2 Å². The molecule has 0 unspecified atom stereocenters. The number of benzene rings is 2. The minimum Gasteiger partial charge on any atom is -0.489 e. The van der Waals surface area contributed by atoms with E-state index in [1.54, 1.807) is 24.3 Å². The molecule has 1 aliphatic rings. The number of rotatable bonds is 5. The van der Waals surface area contributed by atoms with Gasteiger partial charge >= 0.3 is 0 Å². The van der Waals surface area contributed by atoms with Crippen molar-refractivity contribution >= 4 is 11.6 Å². The minimum atomic E-state index is -0.351. The van der Waals surface area contributed by atoms with Crippen molar-refractivity contribution in [3.63, 3.8) is 0 Å². The lowest BCUT2D eigenvalue weighted by Crippen LogP contribution is -2.13. The second-order valence-corrected chi connectivity index (χ2v) is 5.40. The fourth-order valence-electron chi connectivity index (χ4n) is 2.49. The van der Waals surface area contributed by atoms with Crippen LogP contribution in [0, 0.1) is 0 Å². The zero-order valence-corrected chi connectivity index (χ0v) is 13.2. The number of amides is 1. The second-order valence-electron chi connectivity index (χ2n) is 5.40. The van der Waals surface area contributed by atoms with Gasteiger partial charge in [0.1, 0.15) is 12.4 Å². The van der Waals surface area contributed by atoms with Crippen LogP contribution >= 0.6 is 0 Å². The van der Waals surface area contributed by atoms with Crippen LogP contribution in [0.3, 0.4) is 0 Å². The maximum absolute atomic E-state index is 12.5. The molecule has 3 aromatic rings. The standard InChI is InChI=1S/C19H15NO5/c21-19(20-14-6-7-16-17(10-14)25-12-24-16)18-13(8-9-22-18)11-23-15-4-2-1-3-5-15/h1-10H,11-12H2,(H,20,21). The monoisotopic (exact) mass is 337 g/mol. The van der Waals surface area contributed by atoms with Gasteiger partial charge in [0, 0.05) is 17.3 Å². The molecule has 2 heterocycles. The number of carbonyl (C=O) groups excluding carboxylic acids is 1. The average molecular weight is 337 g/mol. The maximum atomic E-state index is 12.5. The van der Waals surface area contributed by atoms with Gasteiger partial charge in [-0.2, -0.15) is 0 Å². The normalized spacial score (nSPS) is 12.0. The molecule has 0 saturated heterocycles. The van der Waals surface area contributed by atoms with E-state index in [1.807, 2.05) is 30.3 Å². The molecular formula is C19H15NO5. The number of para-hydroxylation sites is 1. The van der Waals surface area contributed by atoms with E-state index in [1.165, 1.54) is 6.26 Å². The number of ether oxygens (including phenoxy) is 3. The van der Waals surface area contributed by atoms with Crippen molar-refractivity contribution in [3.05, 3.63) is 72.2 Å². The molecule has 126 valence electrons. The van der Waals surface area contributed by atoms with Crippen molar-refractivity contribution in [2.24, 2.45) is 0 Å². The summed E-state index contributed by atoms with van der Waals surface area (Å²) < 4.78 is 21.6. The fraction of sp³-hybridized carbons (Fsp3) is 0.105. The van der Waals surface area contributed by atoms with Crippen molar-refractivity contribution in [1.82, 2.24) is 0 Å². The second kappa shape index (κ2) is 6.60. The first-order valence-electron chi connectivity index (χ1n) is 7.75. The van der Waals surface area contributed by atoms with Crippen molar-refractivity contribution in [2.75, 3.05) is 12.1 Å². The third-order valence-corrected chi connectivity index (χ3v) is 3.72. The Balaban J connectivity index is 1.45. The summed E-state index contributed by atoms with van der Waals surface area (Å²) in [5.41, 5.74) is 1.27. The van der Waals surface area contributed by atoms with Crippen LogP contribution in [0.1, 0.15) is 16.1 Å². The number of hydrogen-bond donors (Lipinski definition) is 1. The summed E-state index contributed by atoms with van der Waals surface area (Å²) >= 11 is 0. The molecule has 0 fully saturated rings. The van der Waals surface area contributed by atoms with E-state index in [0.29, 0.717) is 22.7 Å². The first kappa shape index (κ1) is 15.1. The highest BCUT2D eigenvalue weighted by Gasteiger charge is 2.18.